The smallest absolute Gasteiger partial charge is 0.314 e. The van der Waals surface area contributed by atoms with Crippen LogP contribution >= 0.6 is 0 Å². The molecule has 0 spiro atoms. The second-order valence-corrected chi connectivity index (χ2v) is 4.90. The van der Waals surface area contributed by atoms with Crippen molar-refractivity contribution in [3.05, 3.63) is 12.2 Å². The largest absolute Gasteiger partial charge is 0.377 e. The molecule has 104 valence electrons. The van der Waals surface area contributed by atoms with Crippen LogP contribution in [0.15, 0.2) is 12.2 Å². The standard InChI is InChI=1S/C14H26N2O2/c1-2-3-11-18-12-5-4-6-13-7-9-16(10-8-13)14(15)17/h4-5,13H,2-3,6-12H2,1H3,(H2,15,17)/b5-4-. The zero-order valence-corrected chi connectivity index (χ0v) is 11.4. The lowest BCUT2D eigenvalue weighted by Crippen LogP contribution is -2.41. The summed E-state index contributed by atoms with van der Waals surface area (Å²) in [6, 6.07) is -0.284. The van der Waals surface area contributed by atoms with E-state index < -0.39 is 0 Å². The SMILES string of the molecule is CCCCOC/C=C\CC1CCN(C(N)=O)CC1. The van der Waals surface area contributed by atoms with Crippen LogP contribution in [0.25, 0.3) is 0 Å². The first kappa shape index (κ1) is 15.0. The van der Waals surface area contributed by atoms with Crippen LogP contribution < -0.4 is 5.73 Å². The monoisotopic (exact) mass is 254 g/mol. The van der Waals surface area contributed by atoms with Gasteiger partial charge in [-0.05, 0) is 31.6 Å². The number of carbonyl (C=O) groups excluding carboxylic acids is 1. The van der Waals surface area contributed by atoms with Crippen LogP contribution in [0.4, 0.5) is 4.79 Å². The molecule has 1 aliphatic rings. The molecule has 18 heavy (non-hydrogen) atoms. The van der Waals surface area contributed by atoms with E-state index in [0.29, 0.717) is 5.92 Å². The lowest BCUT2D eigenvalue weighted by Gasteiger charge is -2.30. The first-order chi connectivity index (χ1) is 8.74. The highest BCUT2D eigenvalue weighted by molar-refractivity contribution is 5.72. The third-order valence-corrected chi connectivity index (χ3v) is 3.42. The third-order valence-electron chi connectivity index (χ3n) is 3.42. The van der Waals surface area contributed by atoms with Crippen molar-refractivity contribution in [1.29, 1.82) is 0 Å². The molecule has 0 atom stereocenters. The van der Waals surface area contributed by atoms with Gasteiger partial charge in [-0.3, -0.25) is 0 Å². The Morgan fingerprint density at radius 1 is 1.39 bits per heavy atom. The molecular formula is C14H26N2O2. The Bertz CT molecular complexity index is 259. The van der Waals surface area contributed by atoms with Crippen LogP contribution in [-0.4, -0.2) is 37.2 Å². The quantitative estimate of drug-likeness (QED) is 0.560. The highest BCUT2D eigenvalue weighted by Gasteiger charge is 2.19. The summed E-state index contributed by atoms with van der Waals surface area (Å²) >= 11 is 0. The highest BCUT2D eigenvalue weighted by atomic mass is 16.5. The number of primary amides is 1. The van der Waals surface area contributed by atoms with Gasteiger partial charge in [0.05, 0.1) is 6.61 Å². The number of rotatable bonds is 7. The van der Waals surface area contributed by atoms with Crippen LogP contribution in [-0.2, 0) is 4.74 Å². The van der Waals surface area contributed by atoms with Gasteiger partial charge in [0, 0.05) is 19.7 Å². The molecule has 4 nitrogen and oxygen atoms in total. The number of amides is 2. The van der Waals surface area contributed by atoms with Gasteiger partial charge < -0.3 is 15.4 Å². The van der Waals surface area contributed by atoms with Crippen molar-refractivity contribution >= 4 is 6.03 Å². The van der Waals surface area contributed by atoms with E-state index in [0.717, 1.165) is 52.0 Å². The number of nitrogens with zero attached hydrogens (tertiary/aromatic N) is 1. The van der Waals surface area contributed by atoms with E-state index in [-0.39, 0.29) is 6.03 Å². The molecular weight excluding hydrogens is 228 g/mol. The van der Waals surface area contributed by atoms with E-state index >= 15 is 0 Å². The van der Waals surface area contributed by atoms with Crippen LogP contribution in [0.5, 0.6) is 0 Å². The second kappa shape index (κ2) is 8.97. The fourth-order valence-electron chi connectivity index (χ4n) is 2.14. The van der Waals surface area contributed by atoms with Crippen molar-refractivity contribution in [3.63, 3.8) is 0 Å². The lowest BCUT2D eigenvalue weighted by atomic mass is 9.93. The van der Waals surface area contributed by atoms with Crippen molar-refractivity contribution in [2.75, 3.05) is 26.3 Å². The number of nitrogens with two attached hydrogens (primary N) is 1. The molecule has 0 saturated carbocycles. The molecule has 1 saturated heterocycles. The van der Waals surface area contributed by atoms with Crippen molar-refractivity contribution in [2.45, 2.75) is 39.0 Å². The molecule has 0 aromatic rings. The Balaban J connectivity index is 2.03. The fraction of sp³-hybridized carbons (Fsp3) is 0.786. The molecule has 1 rings (SSSR count). The molecule has 0 aliphatic carbocycles. The van der Waals surface area contributed by atoms with Crippen molar-refractivity contribution in [3.8, 4) is 0 Å². The van der Waals surface area contributed by atoms with E-state index in [1.807, 2.05) is 0 Å². The van der Waals surface area contributed by atoms with Crippen molar-refractivity contribution in [2.24, 2.45) is 11.7 Å². The second-order valence-electron chi connectivity index (χ2n) is 4.90. The summed E-state index contributed by atoms with van der Waals surface area (Å²) in [7, 11) is 0. The number of hydrogen-bond donors (Lipinski definition) is 1. The molecule has 0 unspecified atom stereocenters. The van der Waals surface area contributed by atoms with Crippen LogP contribution in [0.3, 0.4) is 0 Å². The first-order valence-corrected chi connectivity index (χ1v) is 7.01. The van der Waals surface area contributed by atoms with E-state index in [2.05, 4.69) is 19.1 Å². The maximum absolute atomic E-state index is 11.0. The number of piperidine rings is 1. The summed E-state index contributed by atoms with van der Waals surface area (Å²) in [5, 5.41) is 0. The molecule has 4 heteroatoms. The zero-order valence-electron chi connectivity index (χ0n) is 11.4. The van der Waals surface area contributed by atoms with Gasteiger partial charge in [-0.25, -0.2) is 4.79 Å². The summed E-state index contributed by atoms with van der Waals surface area (Å²) in [6.45, 7) is 5.36. The average Bonchev–Trinajstić information content (AvgIpc) is 2.38. The van der Waals surface area contributed by atoms with Gasteiger partial charge in [-0.15, -0.1) is 0 Å². The van der Waals surface area contributed by atoms with Crippen LogP contribution in [0.1, 0.15) is 39.0 Å². The molecule has 2 amide bonds. The van der Waals surface area contributed by atoms with Crippen molar-refractivity contribution < 1.29 is 9.53 Å². The Kier molecular flexibility index (Phi) is 7.49. The Morgan fingerprint density at radius 2 is 2.11 bits per heavy atom. The van der Waals surface area contributed by atoms with Gasteiger partial charge in [0.2, 0.25) is 0 Å². The minimum Gasteiger partial charge on any atom is -0.377 e. The van der Waals surface area contributed by atoms with Crippen LogP contribution in [0, 0.1) is 5.92 Å². The number of ether oxygens (including phenoxy) is 1. The van der Waals surface area contributed by atoms with Gasteiger partial charge >= 0.3 is 6.03 Å². The number of hydrogen-bond acceptors (Lipinski definition) is 2. The minimum atomic E-state index is -0.284. The summed E-state index contributed by atoms with van der Waals surface area (Å²) in [6.07, 6.45) is 9.84. The maximum Gasteiger partial charge on any atom is 0.314 e. The number of urea groups is 1. The molecule has 1 heterocycles. The van der Waals surface area contributed by atoms with E-state index in [1.165, 1.54) is 6.42 Å². The van der Waals surface area contributed by atoms with Crippen molar-refractivity contribution in [1.82, 2.24) is 4.90 Å². The number of likely N-dealkylation sites (tertiary alicyclic amines) is 1. The lowest BCUT2D eigenvalue weighted by molar-refractivity contribution is 0.158. The summed E-state index contributed by atoms with van der Waals surface area (Å²) in [5.41, 5.74) is 5.25. The Labute approximate surface area is 110 Å². The van der Waals surface area contributed by atoms with Gasteiger partial charge in [0.15, 0.2) is 0 Å². The summed E-state index contributed by atoms with van der Waals surface area (Å²) in [5.74, 6) is 0.687. The molecule has 0 radical (unpaired) electrons. The highest BCUT2D eigenvalue weighted by Crippen LogP contribution is 2.20. The predicted octanol–water partition coefficient (Wildman–Crippen LogP) is 2.54. The molecule has 0 aromatic heterocycles. The molecule has 1 aliphatic heterocycles. The topological polar surface area (TPSA) is 55.6 Å². The van der Waals surface area contributed by atoms with Gasteiger partial charge in [0.25, 0.3) is 0 Å². The third kappa shape index (κ3) is 6.05. The molecule has 0 aromatic carbocycles. The predicted molar refractivity (Wildman–Crippen MR) is 73.4 cm³/mol. The summed E-state index contributed by atoms with van der Waals surface area (Å²) < 4.78 is 5.46. The number of unbranched alkanes of at least 4 members (excludes halogenated alkanes) is 1. The minimum absolute atomic E-state index is 0.284. The van der Waals surface area contributed by atoms with Gasteiger partial charge in [-0.2, -0.15) is 0 Å². The zero-order chi connectivity index (χ0) is 13.2. The maximum atomic E-state index is 11.0. The summed E-state index contributed by atoms with van der Waals surface area (Å²) in [4.78, 5) is 12.7. The molecule has 2 N–H and O–H groups in total. The van der Waals surface area contributed by atoms with Gasteiger partial charge in [-0.1, -0.05) is 25.5 Å². The first-order valence-electron chi connectivity index (χ1n) is 7.01. The van der Waals surface area contributed by atoms with Gasteiger partial charge in [0.1, 0.15) is 0 Å². The Hall–Kier alpha value is -1.03. The van der Waals surface area contributed by atoms with E-state index in [1.54, 1.807) is 4.90 Å². The molecule has 0 bridgehead atoms. The number of allylic oxidation sites excluding steroid dienone is 1. The fourth-order valence-corrected chi connectivity index (χ4v) is 2.14. The average molecular weight is 254 g/mol. The van der Waals surface area contributed by atoms with E-state index in [4.69, 9.17) is 10.5 Å². The van der Waals surface area contributed by atoms with E-state index in [9.17, 15) is 4.79 Å². The number of carbonyl (C=O) groups is 1. The normalized spacial score (nSPS) is 17.5. The Morgan fingerprint density at radius 3 is 2.72 bits per heavy atom. The molecule has 1 fully saturated rings. The van der Waals surface area contributed by atoms with Crippen LogP contribution in [0.2, 0.25) is 0 Å².